The van der Waals surface area contributed by atoms with Gasteiger partial charge in [-0.1, -0.05) is 6.58 Å². The summed E-state index contributed by atoms with van der Waals surface area (Å²) in [6.07, 6.45) is 6.70. The Labute approximate surface area is 171 Å². The highest BCUT2D eigenvalue weighted by molar-refractivity contribution is 5.97. The molecule has 12 heteroatoms. The van der Waals surface area contributed by atoms with Crippen molar-refractivity contribution in [2.24, 2.45) is 0 Å². The summed E-state index contributed by atoms with van der Waals surface area (Å²) in [4.78, 5) is 30.8. The molecule has 0 saturated carbocycles. The number of hydrogen-bond acceptors (Lipinski definition) is 10. The number of nitrogens with one attached hydrogen (secondary N) is 2. The lowest BCUT2D eigenvalue weighted by Crippen LogP contribution is -2.27. The number of methoxy groups -OCH3 is 1. The van der Waals surface area contributed by atoms with Crippen LogP contribution in [0.25, 0.3) is 5.65 Å². The molecule has 0 aromatic carbocycles. The number of amides is 1. The summed E-state index contributed by atoms with van der Waals surface area (Å²) in [6.45, 7) is 4.79. The van der Waals surface area contributed by atoms with Crippen molar-refractivity contribution in [3.8, 4) is 11.9 Å². The van der Waals surface area contributed by atoms with Crippen molar-refractivity contribution in [2.75, 3.05) is 35.7 Å². The minimum absolute atomic E-state index is 0.0626. The van der Waals surface area contributed by atoms with E-state index in [1.54, 1.807) is 16.9 Å². The Morgan fingerprint density at radius 2 is 2.27 bits per heavy atom. The van der Waals surface area contributed by atoms with Gasteiger partial charge in [0.2, 0.25) is 23.7 Å². The minimum atomic E-state index is -0.385. The Kier molecular flexibility index (Phi) is 5.08. The molecule has 152 valence electrons. The van der Waals surface area contributed by atoms with Crippen LogP contribution < -0.4 is 20.3 Å². The van der Waals surface area contributed by atoms with Gasteiger partial charge in [-0.3, -0.25) is 10.1 Å². The monoisotopic (exact) mass is 406 g/mol. The summed E-state index contributed by atoms with van der Waals surface area (Å²) in [7, 11) is 1.46. The molecule has 3 aromatic rings. The van der Waals surface area contributed by atoms with Crippen LogP contribution in [0, 0.1) is 11.3 Å². The number of aromatic nitrogens is 6. The van der Waals surface area contributed by atoms with E-state index in [9.17, 15) is 4.79 Å². The fourth-order valence-corrected chi connectivity index (χ4v) is 3.16. The van der Waals surface area contributed by atoms with Gasteiger partial charge in [-0.15, -0.1) is 5.10 Å². The molecule has 1 aliphatic rings. The number of ether oxygens (including phenoxy) is 1. The zero-order valence-electron chi connectivity index (χ0n) is 16.1. The van der Waals surface area contributed by atoms with Gasteiger partial charge in [0.1, 0.15) is 11.6 Å². The number of anilines is 3. The van der Waals surface area contributed by atoms with Crippen molar-refractivity contribution < 1.29 is 9.53 Å². The molecule has 3 aromatic heterocycles. The first-order valence-electron chi connectivity index (χ1n) is 9.08. The Morgan fingerprint density at radius 3 is 3.03 bits per heavy atom. The van der Waals surface area contributed by atoms with Gasteiger partial charge in [0.05, 0.1) is 13.3 Å². The summed E-state index contributed by atoms with van der Waals surface area (Å²) in [5.74, 6) is 1.08. The van der Waals surface area contributed by atoms with Crippen LogP contribution in [0.4, 0.5) is 17.7 Å². The number of fused-ring (bicyclic) bond motifs is 1. The lowest BCUT2D eigenvalue weighted by molar-refractivity contribution is -0.111. The molecule has 2 N–H and O–H groups in total. The average Bonchev–Trinajstić information content (AvgIpc) is 3.39. The lowest BCUT2D eigenvalue weighted by atomic mass is 10.3. The summed E-state index contributed by atoms with van der Waals surface area (Å²) in [6, 6.07) is 2.05. The van der Waals surface area contributed by atoms with Crippen LogP contribution in [0.15, 0.2) is 31.2 Å². The third kappa shape index (κ3) is 3.68. The molecule has 1 atom stereocenters. The summed E-state index contributed by atoms with van der Waals surface area (Å²) in [5, 5.41) is 19.1. The third-order valence-electron chi connectivity index (χ3n) is 4.54. The van der Waals surface area contributed by atoms with Crippen LogP contribution in [0.1, 0.15) is 12.0 Å². The molecule has 4 rings (SSSR count). The van der Waals surface area contributed by atoms with Crippen molar-refractivity contribution in [1.82, 2.24) is 29.5 Å². The Morgan fingerprint density at radius 1 is 1.40 bits per heavy atom. The number of hydrogen-bond donors (Lipinski definition) is 2. The van der Waals surface area contributed by atoms with Gasteiger partial charge >= 0.3 is 0 Å². The number of rotatable bonds is 6. The SMILES string of the molecule is C=CC(=O)Nc1nc2c(N3CC[C@@H](Nc4ncc(C#N)c(OC)n4)C3)nccn2n1. The molecule has 0 spiro atoms. The topological polar surface area (TPSA) is 146 Å². The van der Waals surface area contributed by atoms with Crippen molar-refractivity contribution in [2.45, 2.75) is 12.5 Å². The maximum absolute atomic E-state index is 11.5. The highest BCUT2D eigenvalue weighted by Gasteiger charge is 2.27. The van der Waals surface area contributed by atoms with E-state index in [1.807, 2.05) is 6.07 Å². The van der Waals surface area contributed by atoms with Gasteiger partial charge in [-0.2, -0.15) is 15.2 Å². The van der Waals surface area contributed by atoms with Crippen molar-refractivity contribution in [3.63, 3.8) is 0 Å². The molecular formula is C18H18N10O2. The Hall–Kier alpha value is -4.27. The van der Waals surface area contributed by atoms with Gasteiger partial charge in [-0.05, 0) is 12.5 Å². The predicted molar refractivity (Wildman–Crippen MR) is 107 cm³/mol. The molecule has 0 aliphatic carbocycles. The van der Waals surface area contributed by atoms with Crippen LogP contribution in [-0.2, 0) is 4.79 Å². The maximum Gasteiger partial charge on any atom is 0.250 e. The van der Waals surface area contributed by atoms with Gasteiger partial charge in [0.25, 0.3) is 0 Å². The van der Waals surface area contributed by atoms with Gasteiger partial charge in [-0.25, -0.2) is 14.5 Å². The van der Waals surface area contributed by atoms with Crippen molar-refractivity contribution in [3.05, 3.63) is 36.8 Å². The molecule has 1 aliphatic heterocycles. The van der Waals surface area contributed by atoms with Crippen LogP contribution >= 0.6 is 0 Å². The number of nitrogens with zero attached hydrogens (tertiary/aromatic N) is 8. The van der Waals surface area contributed by atoms with E-state index in [1.165, 1.54) is 13.3 Å². The number of carbonyl (C=O) groups is 1. The van der Waals surface area contributed by atoms with E-state index in [0.717, 1.165) is 19.0 Å². The smallest absolute Gasteiger partial charge is 0.250 e. The zero-order valence-corrected chi connectivity index (χ0v) is 16.1. The standard InChI is InChI=1S/C18H18N10O2/c1-3-13(29)23-18-24-15-14(20-5-7-28(15)26-18)27-6-4-12(10-27)22-17-21-9-11(8-19)16(25-17)30-2/h3,5,7,9,12H,1,4,6,10H2,2H3,(H,21,22,25)(H,23,26,29)/t12-/m1/s1. The summed E-state index contributed by atoms with van der Waals surface area (Å²) >= 11 is 0. The first-order valence-corrected chi connectivity index (χ1v) is 9.08. The van der Waals surface area contributed by atoms with E-state index in [-0.39, 0.29) is 29.3 Å². The Balaban J connectivity index is 1.50. The average molecular weight is 406 g/mol. The van der Waals surface area contributed by atoms with E-state index >= 15 is 0 Å². The van der Waals surface area contributed by atoms with E-state index in [4.69, 9.17) is 10.00 Å². The molecule has 0 bridgehead atoms. The fraction of sp³-hybridized carbons (Fsp3) is 0.278. The van der Waals surface area contributed by atoms with E-state index < -0.39 is 0 Å². The molecule has 0 unspecified atom stereocenters. The van der Waals surface area contributed by atoms with E-state index in [2.05, 4.69) is 47.1 Å². The van der Waals surface area contributed by atoms with Crippen LogP contribution in [0.3, 0.4) is 0 Å². The predicted octanol–water partition coefficient (Wildman–Crippen LogP) is 0.610. The van der Waals surface area contributed by atoms with Gasteiger partial charge < -0.3 is 15.0 Å². The first-order chi connectivity index (χ1) is 14.6. The summed E-state index contributed by atoms with van der Waals surface area (Å²) < 4.78 is 6.70. The molecule has 1 saturated heterocycles. The second-order valence-electron chi connectivity index (χ2n) is 6.45. The number of nitriles is 1. The molecule has 0 radical (unpaired) electrons. The van der Waals surface area contributed by atoms with Crippen LogP contribution in [0.2, 0.25) is 0 Å². The van der Waals surface area contributed by atoms with Gasteiger partial charge in [0.15, 0.2) is 11.5 Å². The minimum Gasteiger partial charge on any atom is -0.480 e. The van der Waals surface area contributed by atoms with Gasteiger partial charge in [0, 0.05) is 31.5 Å². The fourth-order valence-electron chi connectivity index (χ4n) is 3.16. The first kappa shape index (κ1) is 19.1. The van der Waals surface area contributed by atoms with Crippen molar-refractivity contribution in [1.29, 1.82) is 5.26 Å². The number of carbonyl (C=O) groups excluding carboxylic acids is 1. The third-order valence-corrected chi connectivity index (χ3v) is 4.54. The molecule has 30 heavy (non-hydrogen) atoms. The van der Waals surface area contributed by atoms with Crippen molar-refractivity contribution >= 4 is 29.3 Å². The highest BCUT2D eigenvalue weighted by atomic mass is 16.5. The lowest BCUT2D eigenvalue weighted by Gasteiger charge is -2.18. The molecule has 4 heterocycles. The highest BCUT2D eigenvalue weighted by Crippen LogP contribution is 2.24. The second kappa shape index (κ2) is 8.00. The maximum atomic E-state index is 11.5. The molecular weight excluding hydrogens is 388 g/mol. The van der Waals surface area contributed by atoms with Crippen LogP contribution in [0.5, 0.6) is 5.88 Å². The molecule has 1 amide bonds. The van der Waals surface area contributed by atoms with E-state index in [0.29, 0.717) is 24.0 Å². The zero-order chi connectivity index (χ0) is 21.1. The summed E-state index contributed by atoms with van der Waals surface area (Å²) in [5.41, 5.74) is 0.812. The normalized spacial score (nSPS) is 15.6. The molecule has 12 nitrogen and oxygen atoms in total. The second-order valence-corrected chi connectivity index (χ2v) is 6.45. The quantitative estimate of drug-likeness (QED) is 0.558. The van der Waals surface area contributed by atoms with Crippen LogP contribution in [-0.4, -0.2) is 61.7 Å². The largest absolute Gasteiger partial charge is 0.480 e. The Bertz CT molecular complexity index is 1150. The molecule has 1 fully saturated rings.